The Labute approximate surface area is 133 Å². The molecular formula is C14H19BrClN3O. The van der Waals surface area contributed by atoms with Crippen LogP contribution >= 0.6 is 27.5 Å². The van der Waals surface area contributed by atoms with Gasteiger partial charge < -0.3 is 10.2 Å². The van der Waals surface area contributed by atoms with Crippen LogP contribution in [-0.2, 0) is 0 Å². The number of amides is 1. The SMILES string of the molecule is CN(CCN1CCNCC1)C(=O)c1ccc(Cl)cc1Br. The molecule has 20 heavy (non-hydrogen) atoms. The topological polar surface area (TPSA) is 35.6 Å². The molecule has 0 bridgehead atoms. The summed E-state index contributed by atoms with van der Waals surface area (Å²) >= 11 is 9.29. The summed E-state index contributed by atoms with van der Waals surface area (Å²) in [5, 5.41) is 3.94. The van der Waals surface area contributed by atoms with Crippen molar-refractivity contribution in [1.29, 1.82) is 0 Å². The third-order valence-corrected chi connectivity index (χ3v) is 4.36. The van der Waals surface area contributed by atoms with Crippen molar-refractivity contribution in [3.8, 4) is 0 Å². The van der Waals surface area contributed by atoms with E-state index in [0.29, 0.717) is 10.6 Å². The fraction of sp³-hybridized carbons (Fsp3) is 0.500. The van der Waals surface area contributed by atoms with Gasteiger partial charge in [-0.25, -0.2) is 0 Å². The third-order valence-electron chi connectivity index (χ3n) is 3.47. The molecular weight excluding hydrogens is 342 g/mol. The van der Waals surface area contributed by atoms with E-state index in [0.717, 1.165) is 43.7 Å². The Balaban J connectivity index is 1.90. The number of carbonyl (C=O) groups is 1. The van der Waals surface area contributed by atoms with E-state index >= 15 is 0 Å². The number of hydrogen-bond acceptors (Lipinski definition) is 3. The molecule has 0 radical (unpaired) electrons. The minimum absolute atomic E-state index is 0.0173. The normalized spacial score (nSPS) is 16.1. The Morgan fingerprint density at radius 2 is 2.15 bits per heavy atom. The Hall–Kier alpha value is -0.620. The molecule has 1 aliphatic rings. The maximum atomic E-state index is 12.4. The molecule has 2 rings (SSSR count). The highest BCUT2D eigenvalue weighted by Gasteiger charge is 2.16. The summed E-state index contributed by atoms with van der Waals surface area (Å²) in [6.07, 6.45) is 0. The smallest absolute Gasteiger partial charge is 0.254 e. The quantitative estimate of drug-likeness (QED) is 0.893. The van der Waals surface area contributed by atoms with E-state index in [4.69, 9.17) is 11.6 Å². The third kappa shape index (κ3) is 4.19. The molecule has 1 aromatic carbocycles. The van der Waals surface area contributed by atoms with Crippen LogP contribution in [0.2, 0.25) is 5.02 Å². The molecule has 0 aromatic heterocycles. The zero-order valence-electron chi connectivity index (χ0n) is 11.5. The van der Waals surface area contributed by atoms with Crippen LogP contribution in [0.25, 0.3) is 0 Å². The molecule has 0 unspecified atom stereocenters. The van der Waals surface area contributed by atoms with Gasteiger partial charge in [0.15, 0.2) is 0 Å². The second-order valence-electron chi connectivity index (χ2n) is 4.94. The Kier molecular flexibility index (Phi) is 5.84. The first-order valence-corrected chi connectivity index (χ1v) is 7.88. The van der Waals surface area contributed by atoms with E-state index in [1.165, 1.54) is 0 Å². The maximum Gasteiger partial charge on any atom is 0.254 e. The van der Waals surface area contributed by atoms with E-state index in [-0.39, 0.29) is 5.91 Å². The number of hydrogen-bond donors (Lipinski definition) is 1. The molecule has 1 heterocycles. The zero-order chi connectivity index (χ0) is 14.5. The van der Waals surface area contributed by atoms with E-state index in [1.54, 1.807) is 23.1 Å². The first kappa shape index (κ1) is 15.8. The van der Waals surface area contributed by atoms with E-state index < -0.39 is 0 Å². The molecule has 0 atom stereocenters. The number of nitrogens with one attached hydrogen (secondary N) is 1. The lowest BCUT2D eigenvalue weighted by Gasteiger charge is -2.29. The summed E-state index contributed by atoms with van der Waals surface area (Å²) in [4.78, 5) is 16.5. The predicted molar refractivity (Wildman–Crippen MR) is 85.4 cm³/mol. The van der Waals surface area contributed by atoms with Crippen LogP contribution in [0, 0.1) is 0 Å². The second kappa shape index (κ2) is 7.41. The first-order valence-electron chi connectivity index (χ1n) is 6.71. The molecule has 0 aliphatic carbocycles. The minimum atomic E-state index is 0.0173. The lowest BCUT2D eigenvalue weighted by molar-refractivity contribution is 0.0774. The highest BCUT2D eigenvalue weighted by atomic mass is 79.9. The van der Waals surface area contributed by atoms with Crippen LogP contribution in [0.5, 0.6) is 0 Å². The van der Waals surface area contributed by atoms with Crippen molar-refractivity contribution >= 4 is 33.4 Å². The lowest BCUT2D eigenvalue weighted by atomic mass is 10.2. The Morgan fingerprint density at radius 3 is 2.80 bits per heavy atom. The van der Waals surface area contributed by atoms with E-state index in [1.807, 2.05) is 7.05 Å². The molecule has 1 N–H and O–H groups in total. The van der Waals surface area contributed by atoms with Gasteiger partial charge in [0.2, 0.25) is 0 Å². The zero-order valence-corrected chi connectivity index (χ0v) is 13.9. The van der Waals surface area contributed by atoms with Crippen LogP contribution in [0.1, 0.15) is 10.4 Å². The molecule has 1 saturated heterocycles. The number of benzene rings is 1. The first-order chi connectivity index (χ1) is 9.58. The molecule has 1 aliphatic heterocycles. The van der Waals surface area contributed by atoms with Gasteiger partial charge in [-0.3, -0.25) is 9.69 Å². The lowest BCUT2D eigenvalue weighted by Crippen LogP contribution is -2.46. The monoisotopic (exact) mass is 359 g/mol. The van der Waals surface area contributed by atoms with Crippen LogP contribution in [0.3, 0.4) is 0 Å². The van der Waals surface area contributed by atoms with Gasteiger partial charge in [0.1, 0.15) is 0 Å². The van der Waals surface area contributed by atoms with Gasteiger partial charge >= 0.3 is 0 Å². The Bertz CT molecular complexity index is 477. The fourth-order valence-electron chi connectivity index (χ4n) is 2.20. The van der Waals surface area contributed by atoms with Crippen molar-refractivity contribution in [2.24, 2.45) is 0 Å². The van der Waals surface area contributed by atoms with Gasteiger partial charge in [-0.1, -0.05) is 11.6 Å². The standard InChI is InChI=1S/C14H19BrClN3O/c1-18(8-9-19-6-4-17-5-7-19)14(20)12-3-2-11(16)10-13(12)15/h2-3,10,17H,4-9H2,1H3. The van der Waals surface area contributed by atoms with Gasteiger partial charge in [-0.15, -0.1) is 0 Å². The Morgan fingerprint density at radius 1 is 1.45 bits per heavy atom. The molecule has 1 fully saturated rings. The average molecular weight is 361 g/mol. The molecule has 110 valence electrons. The highest BCUT2D eigenvalue weighted by Crippen LogP contribution is 2.22. The number of piperazine rings is 1. The van der Waals surface area contributed by atoms with Crippen LogP contribution < -0.4 is 5.32 Å². The fourth-order valence-corrected chi connectivity index (χ4v) is 3.05. The summed E-state index contributed by atoms with van der Waals surface area (Å²) < 4.78 is 0.740. The van der Waals surface area contributed by atoms with Crippen molar-refractivity contribution in [2.75, 3.05) is 46.3 Å². The van der Waals surface area contributed by atoms with Crippen LogP contribution in [0.15, 0.2) is 22.7 Å². The molecule has 1 aromatic rings. The number of rotatable bonds is 4. The number of carbonyl (C=O) groups excluding carboxylic acids is 1. The summed E-state index contributed by atoms with van der Waals surface area (Å²) in [7, 11) is 1.84. The van der Waals surface area contributed by atoms with Gasteiger partial charge in [-0.2, -0.15) is 0 Å². The van der Waals surface area contributed by atoms with Crippen molar-refractivity contribution in [2.45, 2.75) is 0 Å². The van der Waals surface area contributed by atoms with Gasteiger partial charge in [0.05, 0.1) is 5.56 Å². The largest absolute Gasteiger partial charge is 0.340 e. The van der Waals surface area contributed by atoms with Gasteiger partial charge in [-0.05, 0) is 34.1 Å². The van der Waals surface area contributed by atoms with Crippen molar-refractivity contribution < 1.29 is 4.79 Å². The molecule has 6 heteroatoms. The van der Waals surface area contributed by atoms with Crippen molar-refractivity contribution in [3.63, 3.8) is 0 Å². The van der Waals surface area contributed by atoms with Crippen LogP contribution in [-0.4, -0.2) is 62.0 Å². The summed E-state index contributed by atoms with van der Waals surface area (Å²) in [6.45, 7) is 5.79. The molecule has 0 spiro atoms. The van der Waals surface area contributed by atoms with Gasteiger partial charge in [0, 0.05) is 55.8 Å². The molecule has 1 amide bonds. The number of nitrogens with zero attached hydrogens (tertiary/aromatic N) is 2. The molecule has 4 nitrogen and oxygen atoms in total. The average Bonchev–Trinajstić information content (AvgIpc) is 2.45. The maximum absolute atomic E-state index is 12.4. The molecule has 0 saturated carbocycles. The van der Waals surface area contributed by atoms with Crippen molar-refractivity contribution in [1.82, 2.24) is 15.1 Å². The van der Waals surface area contributed by atoms with Crippen LogP contribution in [0.4, 0.5) is 0 Å². The van der Waals surface area contributed by atoms with Crippen molar-refractivity contribution in [3.05, 3.63) is 33.3 Å². The van der Waals surface area contributed by atoms with E-state index in [2.05, 4.69) is 26.1 Å². The number of likely N-dealkylation sites (N-methyl/N-ethyl adjacent to an activating group) is 1. The van der Waals surface area contributed by atoms with Gasteiger partial charge in [0.25, 0.3) is 5.91 Å². The summed E-state index contributed by atoms with van der Waals surface area (Å²) in [5.74, 6) is 0.0173. The predicted octanol–water partition coefficient (Wildman–Crippen LogP) is 2.08. The second-order valence-corrected chi connectivity index (χ2v) is 6.23. The highest BCUT2D eigenvalue weighted by molar-refractivity contribution is 9.10. The van der Waals surface area contributed by atoms with E-state index in [9.17, 15) is 4.79 Å². The summed E-state index contributed by atoms with van der Waals surface area (Å²) in [5.41, 5.74) is 0.650. The summed E-state index contributed by atoms with van der Waals surface area (Å²) in [6, 6.07) is 5.25. The number of halogens is 2. The minimum Gasteiger partial charge on any atom is -0.340 e.